The summed E-state index contributed by atoms with van der Waals surface area (Å²) >= 11 is 5.86. The van der Waals surface area contributed by atoms with Crippen molar-refractivity contribution in [2.45, 2.75) is 6.92 Å². The van der Waals surface area contributed by atoms with Gasteiger partial charge in [-0.3, -0.25) is 4.79 Å². The smallest absolute Gasteiger partial charge is 0.316 e. The van der Waals surface area contributed by atoms with Crippen LogP contribution in [0.3, 0.4) is 0 Å². The van der Waals surface area contributed by atoms with Crippen LogP contribution < -0.4 is 11.1 Å². The molecule has 0 atom stereocenters. The Morgan fingerprint density at radius 2 is 1.95 bits per heavy atom. The lowest BCUT2D eigenvalue weighted by Gasteiger charge is -2.10. The molecule has 0 aliphatic heterocycles. The van der Waals surface area contributed by atoms with E-state index in [0.717, 1.165) is 5.56 Å². The summed E-state index contributed by atoms with van der Waals surface area (Å²) in [5.41, 5.74) is 7.47. The summed E-state index contributed by atoms with van der Waals surface area (Å²) in [5, 5.41) is 2.76. The summed E-state index contributed by atoms with van der Waals surface area (Å²) in [4.78, 5) is 12.3. The second-order valence-corrected chi connectivity index (χ2v) is 5.49. The molecule has 0 heterocycles. The summed E-state index contributed by atoms with van der Waals surface area (Å²) in [5.74, 6) is -0.475. The molecule has 3 N–H and O–H groups in total. The second kappa shape index (κ2) is 6.59. The molecule has 2 aromatic carbocycles. The maximum atomic E-state index is 12.3. The van der Waals surface area contributed by atoms with Gasteiger partial charge in [-0.25, -0.2) is 0 Å². The molecular weight excluding hydrogens is 326 g/mol. The molecule has 2 aromatic rings. The Kier molecular flexibility index (Phi) is 4.79. The third kappa shape index (κ3) is 3.63. The molecule has 0 radical (unpaired) electrons. The molecule has 2 rings (SSSR count). The summed E-state index contributed by atoms with van der Waals surface area (Å²) < 4.78 is 24.6. The number of nitrogens with two attached hydrogens (primary N) is 1. The van der Waals surface area contributed by atoms with Crippen molar-refractivity contribution in [2.24, 2.45) is 4.36 Å². The number of amides is 1. The van der Waals surface area contributed by atoms with Crippen LogP contribution in [-0.2, 0) is 10.5 Å². The lowest BCUT2D eigenvalue weighted by molar-refractivity contribution is 0.102. The van der Waals surface area contributed by atoms with Gasteiger partial charge in [0.1, 0.15) is 5.69 Å². The molecule has 0 fully saturated rings. The fourth-order valence-corrected chi connectivity index (χ4v) is 2.40. The average Bonchev–Trinajstić information content (AvgIpc) is 2.43. The minimum Gasteiger partial charge on any atom is -0.398 e. The SMILES string of the molecule is Cc1ccccc1NC(=O)c1cc(N=S(=O)=O)c(Cl)cc1N. The predicted octanol–water partition coefficient (Wildman–Crippen LogP) is 3.18. The van der Waals surface area contributed by atoms with Gasteiger partial charge in [-0.2, -0.15) is 8.42 Å². The predicted molar refractivity (Wildman–Crippen MR) is 86.0 cm³/mol. The highest BCUT2D eigenvalue weighted by Gasteiger charge is 2.14. The summed E-state index contributed by atoms with van der Waals surface area (Å²) in [6.45, 7) is 1.85. The number of hydrogen-bond acceptors (Lipinski definition) is 5. The number of benzene rings is 2. The van der Waals surface area contributed by atoms with Gasteiger partial charge in [0.2, 0.25) is 0 Å². The number of para-hydroxylation sites is 1. The Balaban J connectivity index is 2.42. The van der Waals surface area contributed by atoms with Crippen LogP contribution in [0.15, 0.2) is 40.8 Å². The van der Waals surface area contributed by atoms with E-state index in [9.17, 15) is 13.2 Å². The number of carbonyl (C=O) groups excluding carboxylic acids is 1. The van der Waals surface area contributed by atoms with E-state index in [1.807, 2.05) is 19.1 Å². The summed E-state index contributed by atoms with van der Waals surface area (Å²) in [7, 11) is -2.68. The molecular formula is C14H12ClN3O3S. The zero-order chi connectivity index (χ0) is 16.3. The largest absolute Gasteiger partial charge is 0.398 e. The maximum Gasteiger partial charge on any atom is 0.316 e. The van der Waals surface area contributed by atoms with Crippen LogP contribution in [0.4, 0.5) is 17.1 Å². The molecule has 8 heteroatoms. The van der Waals surface area contributed by atoms with E-state index in [1.165, 1.54) is 12.1 Å². The van der Waals surface area contributed by atoms with Gasteiger partial charge in [-0.05, 0) is 30.7 Å². The zero-order valence-electron chi connectivity index (χ0n) is 11.5. The van der Waals surface area contributed by atoms with Gasteiger partial charge in [0.25, 0.3) is 5.91 Å². The zero-order valence-corrected chi connectivity index (χ0v) is 13.1. The maximum absolute atomic E-state index is 12.3. The molecule has 0 aliphatic carbocycles. The highest BCUT2D eigenvalue weighted by molar-refractivity contribution is 7.61. The Hall–Kier alpha value is -2.38. The number of nitrogens with zero attached hydrogens (tertiary/aromatic N) is 1. The van der Waals surface area contributed by atoms with Crippen LogP contribution in [-0.4, -0.2) is 14.3 Å². The van der Waals surface area contributed by atoms with Gasteiger partial charge in [-0.15, -0.1) is 4.36 Å². The van der Waals surface area contributed by atoms with Crippen LogP contribution in [0.25, 0.3) is 0 Å². The lowest BCUT2D eigenvalue weighted by Crippen LogP contribution is -2.14. The molecule has 0 saturated heterocycles. The number of aryl methyl sites for hydroxylation is 1. The molecule has 1 amide bonds. The van der Waals surface area contributed by atoms with E-state index in [0.29, 0.717) is 5.69 Å². The monoisotopic (exact) mass is 337 g/mol. The second-order valence-electron chi connectivity index (χ2n) is 4.47. The van der Waals surface area contributed by atoms with Crippen LogP contribution in [0.1, 0.15) is 15.9 Å². The quantitative estimate of drug-likeness (QED) is 0.840. The lowest BCUT2D eigenvalue weighted by atomic mass is 10.1. The van der Waals surface area contributed by atoms with Crippen molar-refractivity contribution in [3.8, 4) is 0 Å². The van der Waals surface area contributed by atoms with E-state index in [2.05, 4.69) is 9.68 Å². The first-order chi connectivity index (χ1) is 10.4. The fourth-order valence-electron chi connectivity index (χ4n) is 1.83. The van der Waals surface area contributed by atoms with E-state index in [-0.39, 0.29) is 22.0 Å². The number of hydrogen-bond donors (Lipinski definition) is 2. The van der Waals surface area contributed by atoms with E-state index in [4.69, 9.17) is 17.3 Å². The van der Waals surface area contributed by atoms with Gasteiger partial charge < -0.3 is 11.1 Å². The molecule has 0 aromatic heterocycles. The van der Waals surface area contributed by atoms with Crippen molar-refractivity contribution < 1.29 is 13.2 Å². The third-order valence-corrected chi connectivity index (χ3v) is 3.58. The normalized spacial score (nSPS) is 10.1. The number of nitrogens with one attached hydrogen (secondary N) is 1. The molecule has 0 saturated carbocycles. The standard InChI is InChI=1S/C14H12ClN3O3S/c1-8-4-2-3-5-12(8)17-14(19)9-6-13(18-22(20)21)10(15)7-11(9)16/h2-7H,16H2,1H3,(H,17,19). The minimum atomic E-state index is -2.68. The van der Waals surface area contributed by atoms with Gasteiger partial charge in [0, 0.05) is 11.4 Å². The van der Waals surface area contributed by atoms with Crippen molar-refractivity contribution in [1.82, 2.24) is 0 Å². The van der Waals surface area contributed by atoms with Gasteiger partial charge in [0.15, 0.2) is 0 Å². The molecule has 22 heavy (non-hydrogen) atoms. The molecule has 0 aliphatic rings. The Morgan fingerprint density at radius 1 is 1.27 bits per heavy atom. The first kappa shape index (κ1) is 16.0. The van der Waals surface area contributed by atoms with E-state index in [1.54, 1.807) is 12.1 Å². The molecule has 114 valence electrons. The van der Waals surface area contributed by atoms with Crippen molar-refractivity contribution in [3.63, 3.8) is 0 Å². The number of anilines is 2. The van der Waals surface area contributed by atoms with Gasteiger partial charge >= 0.3 is 10.5 Å². The van der Waals surface area contributed by atoms with E-state index >= 15 is 0 Å². The number of carbonyl (C=O) groups is 1. The molecule has 0 spiro atoms. The van der Waals surface area contributed by atoms with Crippen molar-refractivity contribution in [2.75, 3.05) is 11.1 Å². The van der Waals surface area contributed by atoms with Gasteiger partial charge in [0.05, 0.1) is 10.6 Å². The topological polar surface area (TPSA) is 102 Å². The molecule has 6 nitrogen and oxygen atoms in total. The molecule has 0 unspecified atom stereocenters. The van der Waals surface area contributed by atoms with Gasteiger partial charge in [-0.1, -0.05) is 29.8 Å². The van der Waals surface area contributed by atoms with Crippen molar-refractivity contribution >= 4 is 45.1 Å². The minimum absolute atomic E-state index is 0.0425. The van der Waals surface area contributed by atoms with Crippen LogP contribution >= 0.6 is 11.6 Å². The Morgan fingerprint density at radius 3 is 2.59 bits per heavy atom. The summed E-state index contributed by atoms with van der Waals surface area (Å²) in [6, 6.07) is 9.76. The first-order valence-electron chi connectivity index (χ1n) is 6.15. The van der Waals surface area contributed by atoms with Crippen molar-refractivity contribution in [1.29, 1.82) is 0 Å². The van der Waals surface area contributed by atoms with Crippen LogP contribution in [0.5, 0.6) is 0 Å². The molecule has 0 bridgehead atoms. The fraction of sp³-hybridized carbons (Fsp3) is 0.0714. The van der Waals surface area contributed by atoms with E-state index < -0.39 is 16.4 Å². The van der Waals surface area contributed by atoms with Crippen LogP contribution in [0, 0.1) is 6.92 Å². The number of rotatable bonds is 3. The Bertz CT molecular complexity index is 871. The average molecular weight is 338 g/mol. The van der Waals surface area contributed by atoms with Crippen LogP contribution in [0.2, 0.25) is 5.02 Å². The summed E-state index contributed by atoms with van der Waals surface area (Å²) in [6.07, 6.45) is 0. The number of halogens is 1. The third-order valence-electron chi connectivity index (χ3n) is 2.93. The first-order valence-corrected chi connectivity index (χ1v) is 7.56. The number of nitrogen functional groups attached to an aromatic ring is 1. The Labute approximate surface area is 133 Å². The highest BCUT2D eigenvalue weighted by atomic mass is 35.5. The highest BCUT2D eigenvalue weighted by Crippen LogP contribution is 2.30. The van der Waals surface area contributed by atoms with Crippen molar-refractivity contribution in [3.05, 3.63) is 52.5 Å².